The van der Waals surface area contributed by atoms with E-state index in [4.69, 9.17) is 4.74 Å². The minimum atomic E-state index is -0.219. The van der Waals surface area contributed by atoms with Gasteiger partial charge in [-0.3, -0.25) is 0 Å². The van der Waals surface area contributed by atoms with E-state index in [9.17, 15) is 4.79 Å². The maximum atomic E-state index is 11.3. The van der Waals surface area contributed by atoms with E-state index in [1.54, 1.807) is 6.08 Å². The molecule has 0 unspecified atom stereocenters. The zero-order valence-corrected chi connectivity index (χ0v) is 10.3. The Morgan fingerprint density at radius 2 is 2.12 bits per heavy atom. The van der Waals surface area contributed by atoms with Gasteiger partial charge in [0.05, 0.1) is 6.61 Å². The fourth-order valence-corrected chi connectivity index (χ4v) is 2.24. The second-order valence-corrected chi connectivity index (χ2v) is 4.50. The molecule has 0 aromatic heterocycles. The van der Waals surface area contributed by atoms with Crippen LogP contribution in [0.3, 0.4) is 0 Å². The van der Waals surface area contributed by atoms with Crippen LogP contribution >= 0.6 is 0 Å². The van der Waals surface area contributed by atoms with Gasteiger partial charge in [0.1, 0.15) is 0 Å². The van der Waals surface area contributed by atoms with Crippen molar-refractivity contribution in [2.45, 2.75) is 26.2 Å². The molecule has 0 radical (unpaired) electrons. The number of carbonyl (C=O) groups is 1. The Morgan fingerprint density at radius 3 is 2.76 bits per heavy atom. The highest BCUT2D eigenvalue weighted by molar-refractivity contribution is 5.82. The minimum Gasteiger partial charge on any atom is -0.463 e. The van der Waals surface area contributed by atoms with Crippen molar-refractivity contribution in [2.24, 2.45) is 5.92 Å². The molecule has 0 N–H and O–H groups in total. The first-order valence-corrected chi connectivity index (χ1v) is 6.12. The summed E-state index contributed by atoms with van der Waals surface area (Å²) in [7, 11) is 0. The molecule has 90 valence electrons. The Morgan fingerprint density at radius 1 is 1.41 bits per heavy atom. The summed E-state index contributed by atoms with van der Waals surface area (Å²) in [5.41, 5.74) is 2.51. The van der Waals surface area contributed by atoms with Crippen LogP contribution in [0.5, 0.6) is 0 Å². The number of benzene rings is 1. The fraction of sp³-hybridized carbons (Fsp3) is 0.400. The maximum absolute atomic E-state index is 11.3. The van der Waals surface area contributed by atoms with Gasteiger partial charge in [-0.2, -0.15) is 0 Å². The van der Waals surface area contributed by atoms with E-state index in [0.29, 0.717) is 18.4 Å². The molecular weight excluding hydrogens is 212 g/mol. The Hall–Kier alpha value is -1.57. The Kier molecular flexibility index (Phi) is 3.62. The van der Waals surface area contributed by atoms with Crippen LogP contribution in [0.1, 0.15) is 31.7 Å². The lowest BCUT2D eigenvalue weighted by molar-refractivity contribution is -0.137. The van der Waals surface area contributed by atoms with Gasteiger partial charge in [0, 0.05) is 6.08 Å². The third-order valence-corrected chi connectivity index (χ3v) is 3.24. The molecule has 2 rings (SSSR count). The van der Waals surface area contributed by atoms with Gasteiger partial charge in [0.2, 0.25) is 0 Å². The zero-order valence-electron chi connectivity index (χ0n) is 10.3. The Bertz CT molecular complexity index is 420. The van der Waals surface area contributed by atoms with E-state index >= 15 is 0 Å². The number of allylic oxidation sites excluding steroid dienone is 1. The van der Waals surface area contributed by atoms with Crippen molar-refractivity contribution in [3.05, 3.63) is 47.5 Å². The standard InChI is InChI=1S/C15H18O2/c1-3-17-15(16)9-11(2)13-10-14(13)12-7-5-4-6-8-12/h4-9,13-14H,3,10H2,1-2H3/b11-9-/t13-,14-/m0/s1. The summed E-state index contributed by atoms with van der Waals surface area (Å²) in [6.45, 7) is 4.28. The van der Waals surface area contributed by atoms with Gasteiger partial charge in [-0.05, 0) is 37.7 Å². The van der Waals surface area contributed by atoms with E-state index in [1.165, 1.54) is 5.56 Å². The summed E-state index contributed by atoms with van der Waals surface area (Å²) in [5, 5.41) is 0. The van der Waals surface area contributed by atoms with Crippen molar-refractivity contribution in [1.82, 2.24) is 0 Å². The average molecular weight is 230 g/mol. The van der Waals surface area contributed by atoms with E-state index in [1.807, 2.05) is 19.9 Å². The highest BCUT2D eigenvalue weighted by Gasteiger charge is 2.39. The molecule has 1 aromatic rings. The van der Waals surface area contributed by atoms with Crippen LogP contribution in [0.25, 0.3) is 0 Å². The first-order valence-electron chi connectivity index (χ1n) is 6.12. The molecule has 0 saturated heterocycles. The summed E-state index contributed by atoms with van der Waals surface area (Å²) in [6.07, 6.45) is 2.78. The average Bonchev–Trinajstić information content (AvgIpc) is 3.10. The lowest BCUT2D eigenvalue weighted by atomic mass is 10.1. The molecule has 0 heterocycles. The SMILES string of the molecule is CCOC(=O)/C=C(/C)[C@@H]1C[C@H]1c1ccccc1. The molecule has 1 aliphatic carbocycles. The molecule has 2 heteroatoms. The third kappa shape index (κ3) is 2.96. The molecule has 1 fully saturated rings. The highest BCUT2D eigenvalue weighted by Crippen LogP contribution is 2.51. The van der Waals surface area contributed by atoms with E-state index in [0.717, 1.165) is 12.0 Å². The predicted octanol–water partition coefficient (Wildman–Crippen LogP) is 3.30. The lowest BCUT2D eigenvalue weighted by Gasteiger charge is -2.01. The minimum absolute atomic E-state index is 0.219. The lowest BCUT2D eigenvalue weighted by Crippen LogP contribution is -2.01. The van der Waals surface area contributed by atoms with Crippen molar-refractivity contribution in [2.75, 3.05) is 6.61 Å². The smallest absolute Gasteiger partial charge is 0.330 e. The van der Waals surface area contributed by atoms with Crippen molar-refractivity contribution in [3.8, 4) is 0 Å². The van der Waals surface area contributed by atoms with Gasteiger partial charge in [0.25, 0.3) is 0 Å². The molecule has 0 amide bonds. The van der Waals surface area contributed by atoms with Crippen LogP contribution in [-0.4, -0.2) is 12.6 Å². The summed E-state index contributed by atoms with van der Waals surface area (Å²) in [5.74, 6) is 0.882. The number of hydrogen-bond acceptors (Lipinski definition) is 2. The van der Waals surface area contributed by atoms with Crippen LogP contribution in [0, 0.1) is 5.92 Å². The highest BCUT2D eigenvalue weighted by atomic mass is 16.5. The monoisotopic (exact) mass is 230 g/mol. The molecule has 1 saturated carbocycles. The first kappa shape index (κ1) is 11.9. The van der Waals surface area contributed by atoms with E-state index in [-0.39, 0.29) is 5.97 Å². The van der Waals surface area contributed by atoms with E-state index < -0.39 is 0 Å². The summed E-state index contributed by atoms with van der Waals surface area (Å²) in [6, 6.07) is 10.5. The van der Waals surface area contributed by atoms with Crippen LogP contribution in [-0.2, 0) is 9.53 Å². The second-order valence-electron chi connectivity index (χ2n) is 4.50. The summed E-state index contributed by atoms with van der Waals surface area (Å²) < 4.78 is 4.92. The second kappa shape index (κ2) is 5.17. The molecule has 2 atom stereocenters. The van der Waals surface area contributed by atoms with Crippen molar-refractivity contribution in [1.29, 1.82) is 0 Å². The van der Waals surface area contributed by atoms with Crippen LogP contribution < -0.4 is 0 Å². The topological polar surface area (TPSA) is 26.3 Å². The number of hydrogen-bond donors (Lipinski definition) is 0. The summed E-state index contributed by atoms with van der Waals surface area (Å²) in [4.78, 5) is 11.3. The molecule has 0 aliphatic heterocycles. The number of carbonyl (C=O) groups excluding carboxylic acids is 1. The van der Waals surface area contributed by atoms with Crippen molar-refractivity contribution >= 4 is 5.97 Å². The number of esters is 1. The van der Waals surface area contributed by atoms with Crippen molar-refractivity contribution < 1.29 is 9.53 Å². The van der Waals surface area contributed by atoms with Gasteiger partial charge < -0.3 is 4.74 Å². The van der Waals surface area contributed by atoms with E-state index in [2.05, 4.69) is 24.3 Å². The summed E-state index contributed by atoms with van der Waals surface area (Å²) >= 11 is 0. The quantitative estimate of drug-likeness (QED) is 0.586. The predicted molar refractivity (Wildman–Crippen MR) is 67.7 cm³/mol. The van der Waals surface area contributed by atoms with Crippen LogP contribution in [0.4, 0.5) is 0 Å². The molecule has 17 heavy (non-hydrogen) atoms. The van der Waals surface area contributed by atoms with Crippen molar-refractivity contribution in [3.63, 3.8) is 0 Å². The van der Waals surface area contributed by atoms with Gasteiger partial charge in [-0.1, -0.05) is 35.9 Å². The largest absolute Gasteiger partial charge is 0.463 e. The third-order valence-electron chi connectivity index (χ3n) is 3.24. The molecular formula is C15H18O2. The first-order chi connectivity index (χ1) is 8.22. The molecule has 1 aliphatic rings. The Balaban J connectivity index is 1.97. The van der Waals surface area contributed by atoms with Gasteiger partial charge in [-0.25, -0.2) is 4.79 Å². The molecule has 0 spiro atoms. The zero-order chi connectivity index (χ0) is 12.3. The van der Waals surface area contributed by atoms with Gasteiger partial charge in [0.15, 0.2) is 0 Å². The maximum Gasteiger partial charge on any atom is 0.330 e. The van der Waals surface area contributed by atoms with Crippen LogP contribution in [0.15, 0.2) is 42.0 Å². The number of rotatable bonds is 4. The molecule has 0 bridgehead atoms. The van der Waals surface area contributed by atoms with Crippen LogP contribution in [0.2, 0.25) is 0 Å². The Labute approximate surface area is 102 Å². The van der Waals surface area contributed by atoms with Gasteiger partial charge >= 0.3 is 5.97 Å². The fourth-order valence-electron chi connectivity index (χ4n) is 2.24. The normalized spacial score (nSPS) is 23.3. The number of ether oxygens (including phenoxy) is 1. The molecule has 1 aromatic carbocycles. The molecule has 2 nitrogen and oxygen atoms in total. The van der Waals surface area contributed by atoms with Gasteiger partial charge in [-0.15, -0.1) is 0 Å².